The maximum absolute atomic E-state index is 5.61. The lowest BCUT2D eigenvalue weighted by atomic mass is 10.0. The Hall–Kier alpha value is -1.87. The second kappa shape index (κ2) is 5.63. The van der Waals surface area contributed by atoms with E-state index in [0.717, 1.165) is 30.2 Å². The summed E-state index contributed by atoms with van der Waals surface area (Å²) in [6.45, 7) is 3.07. The van der Waals surface area contributed by atoms with E-state index in [1.54, 1.807) is 0 Å². The van der Waals surface area contributed by atoms with Gasteiger partial charge in [0.05, 0.1) is 0 Å². The number of hydrogen-bond acceptors (Lipinski definition) is 1. The molecule has 0 aliphatic carbocycles. The van der Waals surface area contributed by atoms with Gasteiger partial charge in [-0.1, -0.05) is 36.4 Å². The molecule has 0 bridgehead atoms. The van der Waals surface area contributed by atoms with Crippen LogP contribution in [0, 0.1) is 6.92 Å². The van der Waals surface area contributed by atoms with Crippen LogP contribution in [0.1, 0.15) is 17.5 Å². The van der Waals surface area contributed by atoms with Gasteiger partial charge in [0.2, 0.25) is 0 Å². The number of rotatable bonds is 1. The van der Waals surface area contributed by atoms with Crippen molar-refractivity contribution < 1.29 is 0 Å². The first-order chi connectivity index (χ1) is 9.75. The average Bonchev–Trinajstić information content (AvgIpc) is 2.49. The SMILES string of the molecule is Cc1ccccc1NC(=S)N1CCCc2ccccc21. The number of nitrogens with one attached hydrogen (secondary N) is 1. The van der Waals surface area contributed by atoms with Crippen molar-refractivity contribution in [1.82, 2.24) is 0 Å². The van der Waals surface area contributed by atoms with Crippen LogP contribution in [-0.4, -0.2) is 11.7 Å². The van der Waals surface area contributed by atoms with Gasteiger partial charge in [-0.25, -0.2) is 0 Å². The third kappa shape index (κ3) is 2.54. The molecule has 0 amide bonds. The molecule has 1 heterocycles. The Morgan fingerprint density at radius 3 is 2.70 bits per heavy atom. The number of nitrogens with zero attached hydrogens (tertiary/aromatic N) is 1. The zero-order valence-electron chi connectivity index (χ0n) is 11.6. The van der Waals surface area contributed by atoms with Crippen LogP contribution in [0.15, 0.2) is 48.5 Å². The normalized spacial score (nSPS) is 13.8. The zero-order valence-corrected chi connectivity index (χ0v) is 12.4. The second-order valence-corrected chi connectivity index (χ2v) is 5.52. The molecular weight excluding hydrogens is 264 g/mol. The largest absolute Gasteiger partial charge is 0.332 e. The first-order valence-electron chi connectivity index (χ1n) is 6.98. The minimum absolute atomic E-state index is 0.784. The van der Waals surface area contributed by atoms with Crippen LogP contribution < -0.4 is 10.2 Å². The molecule has 0 atom stereocenters. The lowest BCUT2D eigenvalue weighted by molar-refractivity contribution is 0.780. The number of hydrogen-bond donors (Lipinski definition) is 1. The van der Waals surface area contributed by atoms with Crippen molar-refractivity contribution in [3.05, 3.63) is 59.7 Å². The molecule has 1 N–H and O–H groups in total. The standard InChI is InChI=1S/C17H18N2S/c1-13-7-2-4-10-15(13)18-17(20)19-12-6-9-14-8-3-5-11-16(14)19/h2-5,7-8,10-11H,6,9,12H2,1H3,(H,18,20). The third-order valence-corrected chi connectivity index (χ3v) is 4.06. The van der Waals surface area contributed by atoms with Gasteiger partial charge in [0.1, 0.15) is 0 Å². The summed E-state index contributed by atoms with van der Waals surface area (Å²) < 4.78 is 0. The molecule has 0 spiro atoms. The summed E-state index contributed by atoms with van der Waals surface area (Å²) in [5, 5.41) is 4.16. The summed E-state index contributed by atoms with van der Waals surface area (Å²) in [6, 6.07) is 16.8. The fourth-order valence-corrected chi connectivity index (χ4v) is 2.94. The highest BCUT2D eigenvalue weighted by atomic mass is 32.1. The van der Waals surface area contributed by atoms with E-state index >= 15 is 0 Å². The van der Waals surface area contributed by atoms with Crippen LogP contribution in [0.25, 0.3) is 0 Å². The Bertz CT molecular complexity index is 636. The van der Waals surface area contributed by atoms with Crippen LogP contribution in [-0.2, 0) is 6.42 Å². The van der Waals surface area contributed by atoms with Crippen LogP contribution >= 0.6 is 12.2 Å². The Morgan fingerprint density at radius 1 is 1.10 bits per heavy atom. The number of aryl methyl sites for hydroxylation is 2. The van der Waals surface area contributed by atoms with Gasteiger partial charge in [-0.3, -0.25) is 0 Å². The van der Waals surface area contributed by atoms with E-state index in [1.165, 1.54) is 16.8 Å². The molecule has 0 fully saturated rings. The Balaban J connectivity index is 1.84. The molecule has 2 aromatic rings. The smallest absolute Gasteiger partial charge is 0.177 e. The predicted octanol–water partition coefficient (Wildman–Crippen LogP) is 4.14. The highest BCUT2D eigenvalue weighted by Crippen LogP contribution is 2.27. The maximum Gasteiger partial charge on any atom is 0.177 e. The summed E-state index contributed by atoms with van der Waals surface area (Å²) in [5.74, 6) is 0. The van der Waals surface area contributed by atoms with Gasteiger partial charge in [0.15, 0.2) is 5.11 Å². The molecule has 0 saturated carbocycles. The van der Waals surface area contributed by atoms with Crippen molar-refractivity contribution in [2.75, 3.05) is 16.8 Å². The molecule has 3 heteroatoms. The Morgan fingerprint density at radius 2 is 1.85 bits per heavy atom. The first-order valence-corrected chi connectivity index (χ1v) is 7.38. The quantitative estimate of drug-likeness (QED) is 0.791. The van der Waals surface area contributed by atoms with E-state index in [-0.39, 0.29) is 0 Å². The molecule has 3 rings (SSSR count). The van der Waals surface area contributed by atoms with E-state index in [0.29, 0.717) is 0 Å². The Kier molecular flexibility index (Phi) is 3.70. The van der Waals surface area contributed by atoms with Crippen molar-refractivity contribution in [2.45, 2.75) is 19.8 Å². The van der Waals surface area contributed by atoms with Gasteiger partial charge < -0.3 is 10.2 Å². The van der Waals surface area contributed by atoms with Crippen LogP contribution in [0.2, 0.25) is 0 Å². The number of benzene rings is 2. The average molecular weight is 282 g/mol. The number of para-hydroxylation sites is 2. The Labute approximate surface area is 125 Å². The van der Waals surface area contributed by atoms with Crippen molar-refractivity contribution in [3.8, 4) is 0 Å². The molecular formula is C17H18N2S. The van der Waals surface area contributed by atoms with E-state index in [4.69, 9.17) is 12.2 Å². The van der Waals surface area contributed by atoms with Gasteiger partial charge in [-0.2, -0.15) is 0 Å². The molecule has 2 nitrogen and oxygen atoms in total. The number of fused-ring (bicyclic) bond motifs is 1. The summed E-state index contributed by atoms with van der Waals surface area (Å²) in [4.78, 5) is 2.21. The predicted molar refractivity (Wildman–Crippen MR) is 89.5 cm³/mol. The van der Waals surface area contributed by atoms with E-state index < -0.39 is 0 Å². The molecule has 1 aliphatic rings. The molecule has 20 heavy (non-hydrogen) atoms. The van der Waals surface area contributed by atoms with E-state index in [1.807, 2.05) is 12.1 Å². The molecule has 0 aromatic heterocycles. The van der Waals surface area contributed by atoms with Crippen molar-refractivity contribution in [1.29, 1.82) is 0 Å². The van der Waals surface area contributed by atoms with Gasteiger partial charge in [-0.15, -0.1) is 0 Å². The summed E-state index contributed by atoms with van der Waals surface area (Å²) in [7, 11) is 0. The monoisotopic (exact) mass is 282 g/mol. The maximum atomic E-state index is 5.61. The summed E-state index contributed by atoms with van der Waals surface area (Å²) in [6.07, 6.45) is 2.28. The minimum Gasteiger partial charge on any atom is -0.332 e. The van der Waals surface area contributed by atoms with Crippen LogP contribution in [0.3, 0.4) is 0 Å². The van der Waals surface area contributed by atoms with Gasteiger partial charge >= 0.3 is 0 Å². The number of thiocarbonyl (C=S) groups is 1. The van der Waals surface area contributed by atoms with Gasteiger partial charge in [-0.05, 0) is 55.2 Å². The summed E-state index contributed by atoms with van der Waals surface area (Å²) in [5.41, 5.74) is 4.92. The van der Waals surface area contributed by atoms with Gasteiger partial charge in [0.25, 0.3) is 0 Å². The third-order valence-electron chi connectivity index (χ3n) is 3.74. The first kappa shape index (κ1) is 13.1. The number of anilines is 2. The lowest BCUT2D eigenvalue weighted by Gasteiger charge is -2.31. The lowest BCUT2D eigenvalue weighted by Crippen LogP contribution is -2.38. The van der Waals surface area contributed by atoms with E-state index in [9.17, 15) is 0 Å². The van der Waals surface area contributed by atoms with Gasteiger partial charge in [0, 0.05) is 17.9 Å². The van der Waals surface area contributed by atoms with Crippen LogP contribution in [0.5, 0.6) is 0 Å². The van der Waals surface area contributed by atoms with Crippen LogP contribution in [0.4, 0.5) is 11.4 Å². The second-order valence-electron chi connectivity index (χ2n) is 5.13. The molecule has 102 valence electrons. The fourth-order valence-electron chi connectivity index (χ4n) is 2.64. The highest BCUT2D eigenvalue weighted by Gasteiger charge is 2.19. The molecule has 0 unspecified atom stereocenters. The van der Waals surface area contributed by atoms with Crippen molar-refractivity contribution in [3.63, 3.8) is 0 Å². The highest BCUT2D eigenvalue weighted by molar-refractivity contribution is 7.80. The summed E-state index contributed by atoms with van der Waals surface area (Å²) >= 11 is 5.61. The fraction of sp³-hybridized carbons (Fsp3) is 0.235. The topological polar surface area (TPSA) is 15.3 Å². The molecule has 1 aliphatic heterocycles. The minimum atomic E-state index is 0.784. The van der Waals surface area contributed by atoms with E-state index in [2.05, 4.69) is 53.5 Å². The molecule has 0 radical (unpaired) electrons. The van der Waals surface area contributed by atoms with Crippen molar-refractivity contribution >= 4 is 28.7 Å². The van der Waals surface area contributed by atoms with Crippen molar-refractivity contribution in [2.24, 2.45) is 0 Å². The molecule has 2 aromatic carbocycles. The zero-order chi connectivity index (χ0) is 13.9. The molecule has 0 saturated heterocycles.